The van der Waals surface area contributed by atoms with Crippen LogP contribution in [-0.2, 0) is 5.41 Å². The molecule has 0 aliphatic heterocycles. The minimum atomic E-state index is -0.326. The lowest BCUT2D eigenvalue weighted by Gasteiger charge is -2.34. The predicted molar refractivity (Wildman–Crippen MR) is 101 cm³/mol. The zero-order valence-corrected chi connectivity index (χ0v) is 15.4. The molecular weight excluding hydrogens is 300 g/mol. The van der Waals surface area contributed by atoms with Crippen molar-refractivity contribution in [3.63, 3.8) is 0 Å². The van der Waals surface area contributed by atoms with Crippen molar-refractivity contribution in [2.75, 3.05) is 11.5 Å². The summed E-state index contributed by atoms with van der Waals surface area (Å²) in [5, 5.41) is 20.2. The first-order chi connectivity index (χ1) is 11.1. The van der Waals surface area contributed by atoms with Gasteiger partial charge in [-0.2, -0.15) is 0 Å². The fourth-order valence-corrected chi connectivity index (χ4v) is 3.53. The Morgan fingerprint density at radius 1 is 0.833 bits per heavy atom. The van der Waals surface area contributed by atoms with E-state index in [1.807, 2.05) is 39.8 Å². The molecule has 0 heterocycles. The van der Waals surface area contributed by atoms with Gasteiger partial charge < -0.3 is 21.7 Å². The van der Waals surface area contributed by atoms with Crippen LogP contribution in [0.2, 0.25) is 0 Å². The Morgan fingerprint density at radius 3 is 1.46 bits per heavy atom. The summed E-state index contributed by atoms with van der Waals surface area (Å²) in [6.45, 7) is 11.9. The van der Waals surface area contributed by atoms with Gasteiger partial charge in [-0.1, -0.05) is 26.0 Å². The van der Waals surface area contributed by atoms with Crippen LogP contribution >= 0.6 is 0 Å². The molecule has 2 rings (SSSR count). The molecule has 2 aromatic carbocycles. The van der Waals surface area contributed by atoms with Crippen molar-refractivity contribution in [3.8, 4) is 11.5 Å². The Hall–Kier alpha value is -2.36. The molecule has 0 atom stereocenters. The Balaban J connectivity index is 2.85. The third-order valence-corrected chi connectivity index (χ3v) is 5.49. The van der Waals surface area contributed by atoms with Crippen molar-refractivity contribution in [2.45, 2.75) is 53.4 Å². The third-order valence-electron chi connectivity index (χ3n) is 5.49. The van der Waals surface area contributed by atoms with Crippen molar-refractivity contribution >= 4 is 11.4 Å². The first kappa shape index (κ1) is 18.0. The van der Waals surface area contributed by atoms with E-state index in [-0.39, 0.29) is 16.9 Å². The van der Waals surface area contributed by atoms with Gasteiger partial charge >= 0.3 is 0 Å². The van der Waals surface area contributed by atoms with Gasteiger partial charge in [-0.15, -0.1) is 0 Å². The van der Waals surface area contributed by atoms with E-state index < -0.39 is 0 Å². The van der Waals surface area contributed by atoms with Gasteiger partial charge in [-0.3, -0.25) is 0 Å². The fraction of sp³-hybridized carbons (Fsp3) is 0.400. The minimum absolute atomic E-state index is 0.146. The number of nitrogen functional groups attached to an aromatic ring is 2. The molecule has 4 nitrogen and oxygen atoms in total. The Morgan fingerprint density at radius 2 is 1.17 bits per heavy atom. The molecule has 0 fully saturated rings. The van der Waals surface area contributed by atoms with Gasteiger partial charge in [0, 0.05) is 5.41 Å². The molecule has 0 aliphatic carbocycles. The highest BCUT2D eigenvalue weighted by atomic mass is 16.3. The van der Waals surface area contributed by atoms with E-state index in [1.165, 1.54) is 0 Å². The van der Waals surface area contributed by atoms with E-state index in [0.717, 1.165) is 39.8 Å². The van der Waals surface area contributed by atoms with Gasteiger partial charge in [0.15, 0.2) is 0 Å². The van der Waals surface area contributed by atoms with Crippen molar-refractivity contribution in [2.24, 2.45) is 0 Å². The van der Waals surface area contributed by atoms with Crippen LogP contribution in [0.4, 0.5) is 11.4 Å². The van der Waals surface area contributed by atoms with Crippen LogP contribution < -0.4 is 11.5 Å². The molecule has 2 aromatic rings. The van der Waals surface area contributed by atoms with E-state index in [2.05, 4.69) is 13.8 Å². The first-order valence-corrected chi connectivity index (χ1v) is 8.24. The van der Waals surface area contributed by atoms with Crippen LogP contribution in [0.5, 0.6) is 11.5 Å². The van der Waals surface area contributed by atoms with Crippen LogP contribution in [0.25, 0.3) is 0 Å². The van der Waals surface area contributed by atoms with Gasteiger partial charge in [0.1, 0.15) is 11.5 Å². The highest BCUT2D eigenvalue weighted by Gasteiger charge is 2.33. The number of hydrogen-bond acceptors (Lipinski definition) is 4. The molecule has 0 bridgehead atoms. The van der Waals surface area contributed by atoms with E-state index in [4.69, 9.17) is 11.5 Å². The summed E-state index contributed by atoms with van der Waals surface area (Å²) in [4.78, 5) is 0. The lowest BCUT2D eigenvalue weighted by molar-refractivity contribution is 0.469. The summed E-state index contributed by atoms with van der Waals surface area (Å²) in [6, 6.07) is 4.00. The topological polar surface area (TPSA) is 92.5 Å². The summed E-state index contributed by atoms with van der Waals surface area (Å²) in [6.07, 6.45) is 0.835. The quantitative estimate of drug-likeness (QED) is 0.501. The zero-order valence-electron chi connectivity index (χ0n) is 15.4. The minimum Gasteiger partial charge on any atom is -0.506 e. The van der Waals surface area contributed by atoms with Crippen molar-refractivity contribution in [1.82, 2.24) is 0 Å². The molecule has 0 unspecified atom stereocenters. The number of rotatable bonds is 3. The second-order valence-corrected chi connectivity index (χ2v) is 6.94. The lowest BCUT2D eigenvalue weighted by Crippen LogP contribution is -2.26. The molecule has 0 saturated heterocycles. The van der Waals surface area contributed by atoms with Gasteiger partial charge in [0.05, 0.1) is 11.4 Å². The Bertz CT molecular complexity index is 747. The van der Waals surface area contributed by atoms with Gasteiger partial charge in [-0.05, 0) is 67.5 Å². The predicted octanol–water partition coefficient (Wildman–Crippen LogP) is 4.21. The average Bonchev–Trinajstić information content (AvgIpc) is 2.56. The van der Waals surface area contributed by atoms with Crippen LogP contribution in [0.15, 0.2) is 12.1 Å². The summed E-state index contributed by atoms with van der Waals surface area (Å²) >= 11 is 0. The van der Waals surface area contributed by atoms with Crippen molar-refractivity contribution in [1.29, 1.82) is 0 Å². The van der Waals surface area contributed by atoms with Gasteiger partial charge in [0.2, 0.25) is 0 Å². The molecule has 0 spiro atoms. The van der Waals surface area contributed by atoms with Crippen molar-refractivity contribution < 1.29 is 10.2 Å². The second kappa shape index (κ2) is 5.93. The molecule has 0 amide bonds. The number of aromatic hydroxyl groups is 2. The highest BCUT2D eigenvalue weighted by molar-refractivity contribution is 5.69. The summed E-state index contributed by atoms with van der Waals surface area (Å²) in [7, 11) is 0. The maximum Gasteiger partial charge on any atom is 0.141 e. The molecule has 24 heavy (non-hydrogen) atoms. The van der Waals surface area contributed by atoms with E-state index >= 15 is 0 Å². The van der Waals surface area contributed by atoms with Crippen molar-refractivity contribution in [3.05, 3.63) is 45.5 Å². The molecule has 0 saturated carbocycles. The molecule has 6 N–H and O–H groups in total. The summed E-state index contributed by atoms with van der Waals surface area (Å²) < 4.78 is 0. The Labute approximate surface area is 144 Å². The van der Waals surface area contributed by atoms with Gasteiger partial charge in [-0.25, -0.2) is 0 Å². The van der Waals surface area contributed by atoms with Crippen LogP contribution in [0.1, 0.15) is 53.6 Å². The zero-order chi connectivity index (χ0) is 18.4. The summed E-state index contributed by atoms with van der Waals surface area (Å²) in [5.41, 5.74) is 18.2. The normalized spacial score (nSPS) is 11.8. The van der Waals surface area contributed by atoms with Gasteiger partial charge in [0.25, 0.3) is 0 Å². The van der Waals surface area contributed by atoms with Crippen LogP contribution in [-0.4, -0.2) is 10.2 Å². The first-order valence-electron chi connectivity index (χ1n) is 8.24. The van der Waals surface area contributed by atoms with E-state index in [1.54, 1.807) is 0 Å². The number of aryl methyl sites for hydroxylation is 2. The number of anilines is 2. The largest absolute Gasteiger partial charge is 0.506 e. The second-order valence-electron chi connectivity index (χ2n) is 6.94. The number of hydrogen-bond donors (Lipinski definition) is 4. The van der Waals surface area contributed by atoms with Crippen LogP contribution in [0, 0.1) is 27.7 Å². The average molecular weight is 328 g/mol. The summed E-state index contributed by atoms with van der Waals surface area (Å²) in [5.74, 6) is 0.292. The third kappa shape index (κ3) is 2.46. The highest BCUT2D eigenvalue weighted by Crippen LogP contribution is 2.45. The molecule has 0 radical (unpaired) electrons. The Kier molecular flexibility index (Phi) is 4.44. The molecule has 130 valence electrons. The number of phenols is 2. The lowest BCUT2D eigenvalue weighted by atomic mass is 9.70. The van der Waals surface area contributed by atoms with E-state index in [9.17, 15) is 10.2 Å². The molecule has 0 aromatic heterocycles. The molecule has 0 aliphatic rings. The standard InChI is InChI=1S/C20H28N2O2/c1-7-20(6,14-8-10(2)18(23)16(21)12(14)4)15-9-11(3)19(24)17(22)13(15)5/h8-9,23-24H,7,21-22H2,1-6H3. The SMILES string of the molecule is CCC(C)(c1cc(C)c(O)c(N)c1C)c1cc(C)c(O)c(N)c1C. The fourth-order valence-electron chi connectivity index (χ4n) is 3.53. The van der Waals surface area contributed by atoms with E-state index in [0.29, 0.717) is 11.4 Å². The van der Waals surface area contributed by atoms with Crippen LogP contribution in [0.3, 0.4) is 0 Å². The smallest absolute Gasteiger partial charge is 0.141 e. The number of benzene rings is 2. The molecular formula is C20H28N2O2. The maximum atomic E-state index is 10.1. The molecule has 4 heteroatoms. The maximum absolute atomic E-state index is 10.1. The monoisotopic (exact) mass is 328 g/mol. The number of phenolic OH excluding ortho intramolecular Hbond substituents is 2. The number of nitrogens with two attached hydrogens (primary N) is 2.